The second-order valence-corrected chi connectivity index (χ2v) is 15.7. The van der Waals surface area contributed by atoms with E-state index in [-0.39, 0.29) is 19.6 Å². The number of hydrogen-bond donors (Lipinski definition) is 10. The van der Waals surface area contributed by atoms with Gasteiger partial charge in [-0.1, -0.05) is 69.3 Å². The molecule has 8 amide bonds. The maximum atomic E-state index is 12.0. The molecule has 0 unspecified atom stereocenters. The summed E-state index contributed by atoms with van der Waals surface area (Å²) in [4.78, 5) is 210. The predicted molar refractivity (Wildman–Crippen MR) is 273 cm³/mol. The summed E-state index contributed by atoms with van der Waals surface area (Å²) in [5.74, 6) is -2.13. The first-order chi connectivity index (χ1) is 36.6. The summed E-state index contributed by atoms with van der Waals surface area (Å²) in [6.07, 6.45) is 5.28. The Morgan fingerprint density at radius 2 is 0.718 bits per heavy atom. The highest BCUT2D eigenvalue weighted by Gasteiger charge is 2.50. The molecule has 34 heteroatoms. The van der Waals surface area contributed by atoms with E-state index in [1.807, 2.05) is 29.9 Å². The maximum Gasteiger partial charge on any atom is 0.336 e. The average molecular weight is 1100 g/mol. The number of barbiturate groups is 2. The van der Waals surface area contributed by atoms with E-state index in [0.29, 0.717) is 24.8 Å². The molecule has 0 saturated carbocycles. The van der Waals surface area contributed by atoms with Gasteiger partial charge in [0.25, 0.3) is 0 Å². The fraction of sp³-hybridized carbons (Fsp3) is 0.318. The lowest BCUT2D eigenvalue weighted by Gasteiger charge is -2.33. The van der Waals surface area contributed by atoms with Gasteiger partial charge in [-0.2, -0.15) is 0 Å². The number of nitrogens with zero attached hydrogens (tertiary/aromatic N) is 6. The summed E-state index contributed by atoms with van der Waals surface area (Å²) in [5.41, 5.74) is -10.4. The van der Waals surface area contributed by atoms with Crippen LogP contribution in [0.2, 0.25) is 0 Å². The van der Waals surface area contributed by atoms with Crippen LogP contribution in [0.1, 0.15) is 45.6 Å². The summed E-state index contributed by atoms with van der Waals surface area (Å²) in [5, 5.41) is 8.47. The number of amides is 8. The Balaban J connectivity index is 0.000000323. The van der Waals surface area contributed by atoms with Crippen molar-refractivity contribution >= 4 is 35.7 Å². The number of allylic oxidation sites excluding steroid dienone is 3. The van der Waals surface area contributed by atoms with Gasteiger partial charge in [0, 0.05) is 21.1 Å². The minimum absolute atomic E-state index is 0.0611. The van der Waals surface area contributed by atoms with Crippen molar-refractivity contribution in [1.29, 1.82) is 0 Å². The Labute approximate surface area is 433 Å². The topological polar surface area (TPSA) is 480 Å². The van der Waals surface area contributed by atoms with Gasteiger partial charge in [-0.05, 0) is 24.8 Å². The monoisotopic (exact) mass is 1090 g/mol. The smallest absolute Gasteiger partial charge is 0.277 e. The van der Waals surface area contributed by atoms with Crippen LogP contribution in [0.15, 0.2) is 126 Å². The molecule has 34 nitrogen and oxygen atoms in total. The lowest BCUT2D eigenvalue weighted by molar-refractivity contribution is -0.145. The number of imide groups is 4. The molecule has 2 aliphatic rings. The molecule has 0 spiro atoms. The number of H-pyrrole nitrogens is 6. The van der Waals surface area contributed by atoms with E-state index in [4.69, 9.17) is 0 Å². The average Bonchev–Trinajstić information content (AvgIpc) is 3.38. The molecule has 0 radical (unpaired) electrons. The Kier molecular flexibility index (Phi) is 22.8. The Bertz CT molecular complexity index is 3670. The summed E-state index contributed by atoms with van der Waals surface area (Å²) < 4.78 is 5.01. The zero-order valence-electron chi connectivity index (χ0n) is 42.5. The normalized spacial score (nSPS) is 13.6. The molecule has 2 fully saturated rings. The number of aromatic nitrogens is 12. The van der Waals surface area contributed by atoms with Gasteiger partial charge >= 0.3 is 80.3 Å². The molecule has 78 heavy (non-hydrogen) atoms. The number of carbonyl (C=O) groups excluding carboxylic acids is 6. The largest absolute Gasteiger partial charge is 0.336 e. The summed E-state index contributed by atoms with van der Waals surface area (Å²) in [6.45, 7) is 15.6. The fourth-order valence-electron chi connectivity index (χ4n) is 6.55. The Hall–Kier alpha value is -10.7. The van der Waals surface area contributed by atoms with E-state index in [9.17, 15) is 86.3 Å². The van der Waals surface area contributed by atoms with E-state index in [2.05, 4.69) is 41.0 Å². The van der Waals surface area contributed by atoms with Crippen molar-refractivity contribution in [3.05, 3.63) is 200 Å². The van der Waals surface area contributed by atoms with Crippen molar-refractivity contribution in [2.45, 2.75) is 65.1 Å². The molecule has 1 aromatic carbocycles. The number of rotatable bonds is 10. The third-order valence-corrected chi connectivity index (χ3v) is 11.0. The molecule has 2 saturated heterocycles. The standard InChI is InChI=1S/C12H12N2O3.C9H11N3O3.C8H12N2O3.C6H7N3O3.C5H7N3O3.C4H5N3O3/c1-2-12(8-6-4-3-5-7-8)9(15)13-11(17)14-10(12)16;1-3-5-11-7(13)10-8(14)12(6-4-2)9(11)15;1-3-8(4-2)5(11)9-7(13)10-6(8)12;1-2-3-9-5(11)7-4(10)8-6(9)12;1-7-3(9)6-4(10)8(2)5(7)11;1-7-3(9)5-2(8)6-4(7)10/h3-7H,2H2,1H3,(H2,13,14,15,16,17);3-4H,1-2,5-6H2,(H,10,13,14);3-4H2,1-2H3,(H2,9,10,11,12,13);2H,1,3H2,(H2,7,8,10,11,12);1-2H3,(H,6,9,10);1H3,(H2,5,6,8,9,10). The van der Waals surface area contributed by atoms with E-state index >= 15 is 0 Å². The SMILES string of the molecule is C=CCn1c(=O)[nH]c(=O)[nH]c1=O.C=CCn1c(=O)[nH]c(=O)n(CC=C)c1=O.CCC1(CC)C(=O)NC(=O)NC1=O.CCC1(c2ccccc2)C(=O)NC(=O)NC1=O.Cn1c(=O)[nH]c(=O)[nH]c1=O.Cn1c(=O)[nH]c(=O)n(C)c1=O. The molecule has 0 aliphatic carbocycles. The molecule has 418 valence electrons. The Morgan fingerprint density at radius 3 is 1.08 bits per heavy atom. The quantitative estimate of drug-likeness (QED) is 0.0459. The van der Waals surface area contributed by atoms with Crippen LogP contribution in [0, 0.1) is 5.41 Å². The van der Waals surface area contributed by atoms with Crippen LogP contribution < -0.4 is 89.5 Å². The van der Waals surface area contributed by atoms with Gasteiger partial charge in [-0.3, -0.25) is 70.3 Å². The van der Waals surface area contributed by atoms with Gasteiger partial charge in [0.2, 0.25) is 23.6 Å². The van der Waals surface area contributed by atoms with Crippen LogP contribution in [0.4, 0.5) is 9.59 Å². The molecular formula is C44H54N16O18. The second kappa shape index (κ2) is 28.1. The van der Waals surface area contributed by atoms with E-state index in [1.54, 1.807) is 51.1 Å². The fourth-order valence-corrected chi connectivity index (χ4v) is 6.55. The van der Waals surface area contributed by atoms with Gasteiger partial charge in [-0.25, -0.2) is 94.5 Å². The Morgan fingerprint density at radius 1 is 0.397 bits per heavy atom. The molecular weight excluding hydrogens is 1040 g/mol. The van der Waals surface area contributed by atoms with Crippen LogP contribution in [-0.2, 0) is 65.4 Å². The van der Waals surface area contributed by atoms with Gasteiger partial charge < -0.3 is 0 Å². The van der Waals surface area contributed by atoms with Crippen LogP contribution in [0.5, 0.6) is 0 Å². The van der Waals surface area contributed by atoms with Crippen molar-refractivity contribution in [2.24, 2.45) is 26.6 Å². The second-order valence-electron chi connectivity index (χ2n) is 15.7. The number of urea groups is 2. The minimum atomic E-state index is -1.31. The van der Waals surface area contributed by atoms with E-state index < -0.39 is 115 Å². The van der Waals surface area contributed by atoms with Crippen molar-refractivity contribution < 1.29 is 28.8 Å². The first kappa shape index (κ1) is 63.4. The van der Waals surface area contributed by atoms with Gasteiger partial charge in [-0.15, -0.1) is 19.7 Å². The molecule has 0 bridgehead atoms. The number of aromatic amines is 6. The zero-order valence-corrected chi connectivity index (χ0v) is 42.5. The molecule has 2 aliphatic heterocycles. The van der Waals surface area contributed by atoms with Crippen LogP contribution in [0.3, 0.4) is 0 Å². The highest BCUT2D eigenvalue weighted by Crippen LogP contribution is 2.30. The number of hydrogen-bond acceptors (Lipinski definition) is 18. The summed E-state index contributed by atoms with van der Waals surface area (Å²) in [7, 11) is 3.85. The highest BCUT2D eigenvalue weighted by atomic mass is 16.2. The zero-order chi connectivity index (χ0) is 59.4. The van der Waals surface area contributed by atoms with Crippen LogP contribution >= 0.6 is 0 Å². The number of carbonyl (C=O) groups is 6. The molecule has 5 aromatic rings. The third kappa shape index (κ3) is 15.2. The minimum Gasteiger partial charge on any atom is -0.277 e. The van der Waals surface area contributed by atoms with E-state index in [0.717, 1.165) is 27.4 Å². The summed E-state index contributed by atoms with van der Waals surface area (Å²) in [6, 6.07) is 7.23. The molecule has 10 N–H and O–H groups in total. The molecule has 7 rings (SSSR count). The van der Waals surface area contributed by atoms with Crippen molar-refractivity contribution in [2.75, 3.05) is 0 Å². The van der Waals surface area contributed by atoms with Crippen molar-refractivity contribution in [3.8, 4) is 0 Å². The molecule has 0 atom stereocenters. The first-order valence-electron chi connectivity index (χ1n) is 22.4. The third-order valence-electron chi connectivity index (χ3n) is 11.0. The molecule has 4 aromatic heterocycles. The van der Waals surface area contributed by atoms with Crippen molar-refractivity contribution in [1.82, 2.24) is 78.6 Å². The molecule has 6 heterocycles. The number of benzene rings is 1. The van der Waals surface area contributed by atoms with Gasteiger partial charge in [0.05, 0.1) is 19.6 Å². The maximum absolute atomic E-state index is 12.0. The van der Waals surface area contributed by atoms with Crippen molar-refractivity contribution in [3.63, 3.8) is 0 Å². The lowest BCUT2D eigenvalue weighted by Crippen LogP contribution is -2.64. The van der Waals surface area contributed by atoms with Gasteiger partial charge in [0.1, 0.15) is 5.41 Å². The predicted octanol–water partition coefficient (Wildman–Crippen LogP) is -6.13. The number of nitrogens with one attached hydrogen (secondary N) is 10. The van der Waals surface area contributed by atoms with Crippen LogP contribution in [-0.4, -0.2) is 93.0 Å². The van der Waals surface area contributed by atoms with Crippen LogP contribution in [0.25, 0.3) is 0 Å². The van der Waals surface area contributed by atoms with Gasteiger partial charge in [0.15, 0.2) is 5.41 Å². The van der Waals surface area contributed by atoms with E-state index in [1.165, 1.54) is 39.4 Å². The summed E-state index contributed by atoms with van der Waals surface area (Å²) >= 11 is 0. The lowest BCUT2D eigenvalue weighted by atomic mass is 9.75. The first-order valence-corrected chi connectivity index (χ1v) is 22.4. The highest BCUT2D eigenvalue weighted by molar-refractivity contribution is 6.23.